The Labute approximate surface area is 160 Å². The van der Waals surface area contributed by atoms with E-state index in [0.717, 1.165) is 12.8 Å². The number of unbranched alkanes of at least 4 members (excludes halogenated alkanes) is 2. The molecule has 0 atom stereocenters. The first-order valence-corrected chi connectivity index (χ1v) is 9.92. The van der Waals surface area contributed by atoms with E-state index in [1.165, 1.54) is 9.80 Å². The van der Waals surface area contributed by atoms with Crippen LogP contribution in [0.3, 0.4) is 0 Å². The summed E-state index contributed by atoms with van der Waals surface area (Å²) >= 11 is 0. The lowest BCUT2D eigenvalue weighted by molar-refractivity contribution is -0.186. The molecule has 27 heavy (non-hydrogen) atoms. The number of hydrogen-bond acceptors (Lipinski definition) is 4. The summed E-state index contributed by atoms with van der Waals surface area (Å²) in [6.07, 6.45) is 8.89. The standard InChI is InChI=1S/C21H28N2O4/c1-3-5-9-13-22-17(24)15-19(26)23(14-10-6-4-2)20(27)16(18(22)25)21(15)11-7-8-12-21/h3-4,15-16H,1-2,5-14H2. The molecular weight excluding hydrogens is 344 g/mol. The Kier molecular flexibility index (Phi) is 5.63. The Morgan fingerprint density at radius 1 is 0.778 bits per heavy atom. The van der Waals surface area contributed by atoms with Crippen LogP contribution in [0.2, 0.25) is 0 Å². The zero-order chi connectivity index (χ0) is 19.6. The molecule has 0 radical (unpaired) electrons. The van der Waals surface area contributed by atoms with Crippen molar-refractivity contribution in [2.24, 2.45) is 17.3 Å². The highest BCUT2D eigenvalue weighted by atomic mass is 16.2. The van der Waals surface area contributed by atoms with Crippen molar-refractivity contribution in [1.29, 1.82) is 0 Å². The number of rotatable bonds is 8. The first-order chi connectivity index (χ1) is 13.0. The van der Waals surface area contributed by atoms with Gasteiger partial charge in [0.05, 0.1) is 0 Å². The van der Waals surface area contributed by atoms with E-state index < -0.39 is 40.9 Å². The molecule has 2 bridgehead atoms. The molecule has 1 aliphatic carbocycles. The molecule has 6 nitrogen and oxygen atoms in total. The topological polar surface area (TPSA) is 74.8 Å². The molecule has 1 spiro atoms. The maximum Gasteiger partial charge on any atom is 0.242 e. The Hall–Kier alpha value is -2.24. The third-order valence-corrected chi connectivity index (χ3v) is 6.32. The molecule has 6 heteroatoms. The van der Waals surface area contributed by atoms with Gasteiger partial charge in [0.15, 0.2) is 0 Å². The van der Waals surface area contributed by atoms with Crippen molar-refractivity contribution in [3.63, 3.8) is 0 Å². The Morgan fingerprint density at radius 3 is 1.48 bits per heavy atom. The largest absolute Gasteiger partial charge is 0.281 e. The monoisotopic (exact) mass is 372 g/mol. The molecule has 0 aromatic carbocycles. The Balaban J connectivity index is 1.95. The van der Waals surface area contributed by atoms with E-state index in [2.05, 4.69) is 13.2 Å². The van der Waals surface area contributed by atoms with Gasteiger partial charge in [-0.2, -0.15) is 0 Å². The van der Waals surface area contributed by atoms with E-state index in [9.17, 15) is 19.2 Å². The summed E-state index contributed by atoms with van der Waals surface area (Å²) in [7, 11) is 0. The average molecular weight is 372 g/mol. The summed E-state index contributed by atoms with van der Waals surface area (Å²) in [5, 5.41) is 0. The van der Waals surface area contributed by atoms with Gasteiger partial charge in [-0.1, -0.05) is 25.0 Å². The van der Waals surface area contributed by atoms with Gasteiger partial charge in [0.1, 0.15) is 11.8 Å². The fourth-order valence-electron chi connectivity index (χ4n) is 5.04. The van der Waals surface area contributed by atoms with E-state index in [-0.39, 0.29) is 13.1 Å². The quantitative estimate of drug-likeness (QED) is 0.284. The molecule has 2 heterocycles. The normalized spacial score (nSPS) is 26.8. The van der Waals surface area contributed by atoms with Crippen LogP contribution < -0.4 is 0 Å². The van der Waals surface area contributed by atoms with Gasteiger partial charge in [-0.15, -0.1) is 13.2 Å². The predicted molar refractivity (Wildman–Crippen MR) is 100 cm³/mol. The van der Waals surface area contributed by atoms with Crippen molar-refractivity contribution in [2.45, 2.75) is 51.4 Å². The average Bonchev–Trinajstić information content (AvgIpc) is 3.09. The molecular formula is C21H28N2O4. The highest BCUT2D eigenvalue weighted by Crippen LogP contribution is 2.56. The zero-order valence-corrected chi connectivity index (χ0v) is 15.8. The second kappa shape index (κ2) is 7.79. The van der Waals surface area contributed by atoms with Crippen molar-refractivity contribution in [2.75, 3.05) is 13.1 Å². The van der Waals surface area contributed by atoms with Crippen LogP contribution in [0.25, 0.3) is 0 Å². The molecule has 0 aromatic rings. The second-order valence-corrected chi connectivity index (χ2v) is 7.82. The minimum absolute atomic E-state index is 0.240. The maximum atomic E-state index is 13.2. The van der Waals surface area contributed by atoms with E-state index in [1.807, 2.05) is 0 Å². The fraction of sp³-hybridized carbons (Fsp3) is 0.619. The lowest BCUT2D eigenvalue weighted by Crippen LogP contribution is -2.71. The molecule has 2 saturated heterocycles. The van der Waals surface area contributed by atoms with Crippen LogP contribution in [0, 0.1) is 17.3 Å². The third-order valence-electron chi connectivity index (χ3n) is 6.32. The van der Waals surface area contributed by atoms with Gasteiger partial charge in [0.2, 0.25) is 23.6 Å². The van der Waals surface area contributed by atoms with Gasteiger partial charge in [-0.3, -0.25) is 29.0 Å². The van der Waals surface area contributed by atoms with Gasteiger partial charge >= 0.3 is 0 Å². The van der Waals surface area contributed by atoms with E-state index in [4.69, 9.17) is 0 Å². The second-order valence-electron chi connectivity index (χ2n) is 7.82. The Bertz CT molecular complexity index is 594. The van der Waals surface area contributed by atoms with Crippen molar-refractivity contribution in [1.82, 2.24) is 9.80 Å². The minimum atomic E-state index is -0.895. The van der Waals surface area contributed by atoms with Crippen LogP contribution in [-0.4, -0.2) is 46.5 Å². The predicted octanol–water partition coefficient (Wildman–Crippen LogP) is 2.45. The number of carbonyl (C=O) groups excluding carboxylic acids is 4. The fourth-order valence-corrected chi connectivity index (χ4v) is 5.04. The zero-order valence-electron chi connectivity index (χ0n) is 15.8. The molecule has 3 aliphatic rings. The van der Waals surface area contributed by atoms with Crippen LogP contribution in [0.1, 0.15) is 51.4 Å². The summed E-state index contributed by atoms with van der Waals surface area (Å²) in [6.45, 7) is 7.79. The van der Waals surface area contributed by atoms with Crippen LogP contribution in [0.5, 0.6) is 0 Å². The summed E-state index contributed by atoms with van der Waals surface area (Å²) < 4.78 is 0. The highest BCUT2D eigenvalue weighted by Gasteiger charge is 2.68. The van der Waals surface area contributed by atoms with E-state index in [0.29, 0.717) is 38.5 Å². The number of piperidine rings is 2. The van der Waals surface area contributed by atoms with E-state index in [1.54, 1.807) is 12.2 Å². The minimum Gasteiger partial charge on any atom is -0.281 e. The number of hydrogen-bond donors (Lipinski definition) is 0. The van der Waals surface area contributed by atoms with Crippen LogP contribution in [0.4, 0.5) is 0 Å². The molecule has 4 amide bonds. The molecule has 3 rings (SSSR count). The number of amides is 4. The molecule has 146 valence electrons. The summed E-state index contributed by atoms with van der Waals surface area (Å²) in [4.78, 5) is 55.1. The number of likely N-dealkylation sites (tertiary alicyclic amines) is 2. The molecule has 0 unspecified atom stereocenters. The van der Waals surface area contributed by atoms with Gasteiger partial charge in [-0.25, -0.2) is 0 Å². The number of nitrogens with zero attached hydrogens (tertiary/aromatic N) is 2. The first kappa shape index (κ1) is 19.5. The van der Waals surface area contributed by atoms with Crippen molar-refractivity contribution in [3.8, 4) is 0 Å². The maximum absolute atomic E-state index is 13.2. The van der Waals surface area contributed by atoms with Crippen molar-refractivity contribution < 1.29 is 19.2 Å². The number of allylic oxidation sites excluding steroid dienone is 2. The molecule has 0 N–H and O–H groups in total. The van der Waals surface area contributed by atoms with Crippen molar-refractivity contribution in [3.05, 3.63) is 25.3 Å². The van der Waals surface area contributed by atoms with Gasteiger partial charge in [0, 0.05) is 18.5 Å². The molecule has 3 fully saturated rings. The summed E-state index contributed by atoms with van der Waals surface area (Å²) in [5.74, 6) is -3.43. The number of imide groups is 2. The molecule has 2 aliphatic heterocycles. The van der Waals surface area contributed by atoms with Crippen LogP contribution in [0.15, 0.2) is 25.3 Å². The molecule has 0 aromatic heterocycles. The highest BCUT2D eigenvalue weighted by molar-refractivity contribution is 6.22. The first-order valence-electron chi connectivity index (χ1n) is 9.92. The van der Waals surface area contributed by atoms with Crippen LogP contribution in [-0.2, 0) is 19.2 Å². The van der Waals surface area contributed by atoms with Gasteiger partial charge < -0.3 is 0 Å². The Morgan fingerprint density at radius 2 is 1.15 bits per heavy atom. The summed E-state index contributed by atoms with van der Waals surface area (Å²) in [5.41, 5.74) is -0.799. The smallest absolute Gasteiger partial charge is 0.242 e. The van der Waals surface area contributed by atoms with Crippen molar-refractivity contribution >= 4 is 23.6 Å². The van der Waals surface area contributed by atoms with Gasteiger partial charge in [-0.05, 0) is 38.5 Å². The third kappa shape index (κ3) is 3.05. The lowest BCUT2D eigenvalue weighted by atomic mass is 9.58. The van der Waals surface area contributed by atoms with Crippen LogP contribution >= 0.6 is 0 Å². The van der Waals surface area contributed by atoms with E-state index >= 15 is 0 Å². The SMILES string of the molecule is C=CCCCN1C(=O)C2C(=O)N(CCCC=C)C(=O)C(C1=O)C21CCCC1. The summed E-state index contributed by atoms with van der Waals surface area (Å²) in [6, 6.07) is 0. The van der Waals surface area contributed by atoms with Gasteiger partial charge in [0.25, 0.3) is 0 Å². The molecule has 1 saturated carbocycles. The lowest BCUT2D eigenvalue weighted by Gasteiger charge is -2.52. The number of carbonyl (C=O) groups is 4.